The van der Waals surface area contributed by atoms with Gasteiger partial charge in [0.05, 0.1) is 6.10 Å². The van der Waals surface area contributed by atoms with Crippen LogP contribution in [0.4, 0.5) is 0 Å². The molecule has 0 unspecified atom stereocenters. The summed E-state index contributed by atoms with van der Waals surface area (Å²) in [6.45, 7) is 1.70. The van der Waals surface area contributed by atoms with Crippen LogP contribution in [0.3, 0.4) is 0 Å². The molecule has 1 aliphatic heterocycles. The zero-order valence-electron chi connectivity index (χ0n) is 12.4. The van der Waals surface area contributed by atoms with Gasteiger partial charge in [-0.2, -0.15) is 0 Å². The molecule has 3 rings (SSSR count). The minimum atomic E-state index is 0.181. The maximum atomic E-state index is 12.4. The Morgan fingerprint density at radius 2 is 2.14 bits per heavy atom. The van der Waals surface area contributed by atoms with Gasteiger partial charge in [0.2, 0.25) is 5.91 Å². The van der Waals surface area contributed by atoms with Crippen molar-refractivity contribution in [1.29, 1.82) is 0 Å². The molecule has 2 fully saturated rings. The second-order valence-corrected chi connectivity index (χ2v) is 7.10. The highest BCUT2D eigenvalue weighted by molar-refractivity contribution is 9.10. The van der Waals surface area contributed by atoms with Crippen LogP contribution < -0.4 is 0 Å². The number of hydrogen-bond donors (Lipinski definition) is 0. The quantitative estimate of drug-likeness (QED) is 0.811. The van der Waals surface area contributed by atoms with Crippen LogP contribution in [0.2, 0.25) is 0 Å². The number of nitrogens with zero attached hydrogens (tertiary/aromatic N) is 1. The molecule has 1 aromatic rings. The van der Waals surface area contributed by atoms with Gasteiger partial charge in [-0.25, -0.2) is 0 Å². The molecule has 0 radical (unpaired) electrons. The predicted octanol–water partition coefficient (Wildman–Crippen LogP) is 3.58. The van der Waals surface area contributed by atoms with Gasteiger partial charge in [-0.05, 0) is 49.3 Å². The average molecular weight is 352 g/mol. The molecular weight excluding hydrogens is 330 g/mol. The number of benzene rings is 1. The predicted molar refractivity (Wildman–Crippen MR) is 86.2 cm³/mol. The number of carbonyl (C=O) groups is 1. The Morgan fingerprint density at radius 3 is 2.81 bits per heavy atom. The lowest BCUT2D eigenvalue weighted by molar-refractivity contribution is -0.131. The molecule has 1 saturated heterocycles. The van der Waals surface area contributed by atoms with Gasteiger partial charge >= 0.3 is 0 Å². The van der Waals surface area contributed by atoms with Crippen LogP contribution in [-0.2, 0) is 9.53 Å². The van der Waals surface area contributed by atoms with Crippen molar-refractivity contribution in [3.63, 3.8) is 0 Å². The molecule has 1 heterocycles. The zero-order valence-corrected chi connectivity index (χ0v) is 14.0. The van der Waals surface area contributed by atoms with E-state index in [1.807, 2.05) is 11.9 Å². The Hall–Kier alpha value is -0.870. The molecule has 3 atom stereocenters. The fraction of sp³-hybridized carbons (Fsp3) is 0.588. The van der Waals surface area contributed by atoms with Crippen LogP contribution in [0.25, 0.3) is 0 Å². The third-order valence-corrected chi connectivity index (χ3v) is 5.12. The van der Waals surface area contributed by atoms with Gasteiger partial charge in [0.1, 0.15) is 0 Å². The van der Waals surface area contributed by atoms with Crippen LogP contribution in [0.5, 0.6) is 0 Å². The number of rotatable bonds is 5. The van der Waals surface area contributed by atoms with E-state index < -0.39 is 0 Å². The maximum Gasteiger partial charge on any atom is 0.226 e. The third-order valence-electron chi connectivity index (χ3n) is 4.59. The molecule has 4 heteroatoms. The van der Waals surface area contributed by atoms with Gasteiger partial charge in [-0.3, -0.25) is 4.79 Å². The Kier molecular flexibility index (Phi) is 4.65. The average Bonchev–Trinajstić information content (AvgIpc) is 3.11. The summed E-state index contributed by atoms with van der Waals surface area (Å²) in [5, 5.41) is 0. The summed E-state index contributed by atoms with van der Waals surface area (Å²) in [4.78, 5) is 14.3. The van der Waals surface area contributed by atoms with Crippen LogP contribution >= 0.6 is 15.9 Å². The first-order valence-electron chi connectivity index (χ1n) is 7.77. The normalized spacial score (nSPS) is 27.6. The van der Waals surface area contributed by atoms with E-state index in [2.05, 4.69) is 40.2 Å². The molecule has 0 spiro atoms. The molecule has 3 nitrogen and oxygen atoms in total. The smallest absolute Gasteiger partial charge is 0.226 e. The largest absolute Gasteiger partial charge is 0.378 e. The summed E-state index contributed by atoms with van der Waals surface area (Å²) in [6, 6.07) is 8.34. The van der Waals surface area contributed by atoms with E-state index in [1.165, 1.54) is 5.56 Å². The Morgan fingerprint density at radius 1 is 1.38 bits per heavy atom. The van der Waals surface area contributed by atoms with Crippen molar-refractivity contribution >= 4 is 21.8 Å². The minimum Gasteiger partial charge on any atom is -0.378 e. The van der Waals surface area contributed by atoms with Crippen LogP contribution in [-0.4, -0.2) is 37.1 Å². The van der Waals surface area contributed by atoms with Crippen molar-refractivity contribution in [1.82, 2.24) is 4.90 Å². The molecule has 2 aliphatic rings. The second kappa shape index (κ2) is 6.49. The lowest BCUT2D eigenvalue weighted by Crippen LogP contribution is -2.31. The van der Waals surface area contributed by atoms with Gasteiger partial charge in [-0.15, -0.1) is 0 Å². The summed E-state index contributed by atoms with van der Waals surface area (Å²) in [5.74, 6) is 0.886. The van der Waals surface area contributed by atoms with E-state index in [1.54, 1.807) is 0 Å². The summed E-state index contributed by atoms with van der Waals surface area (Å²) in [5.41, 5.74) is 1.28. The van der Waals surface area contributed by atoms with E-state index >= 15 is 0 Å². The molecule has 0 bridgehead atoms. The minimum absolute atomic E-state index is 0.181. The fourth-order valence-electron chi connectivity index (χ4n) is 3.15. The van der Waals surface area contributed by atoms with E-state index in [0.717, 1.165) is 43.3 Å². The first-order valence-corrected chi connectivity index (χ1v) is 8.56. The number of hydrogen-bond acceptors (Lipinski definition) is 2. The molecule has 21 heavy (non-hydrogen) atoms. The van der Waals surface area contributed by atoms with Crippen molar-refractivity contribution < 1.29 is 9.53 Å². The molecule has 1 aromatic carbocycles. The zero-order chi connectivity index (χ0) is 14.8. The number of carbonyl (C=O) groups excluding carboxylic acids is 1. The van der Waals surface area contributed by atoms with Crippen molar-refractivity contribution in [3.05, 3.63) is 34.3 Å². The van der Waals surface area contributed by atoms with Gasteiger partial charge in [0, 0.05) is 30.6 Å². The lowest BCUT2D eigenvalue weighted by Gasteiger charge is -2.19. The molecule has 0 aromatic heterocycles. The molecule has 1 amide bonds. The maximum absolute atomic E-state index is 12.4. The van der Waals surface area contributed by atoms with Gasteiger partial charge in [0.25, 0.3) is 0 Å². The number of amides is 1. The molecule has 1 saturated carbocycles. The monoisotopic (exact) mass is 351 g/mol. The number of halogens is 1. The summed E-state index contributed by atoms with van der Waals surface area (Å²) < 4.78 is 6.70. The Bertz CT molecular complexity index is 496. The van der Waals surface area contributed by atoms with Crippen molar-refractivity contribution in [3.8, 4) is 0 Å². The summed E-state index contributed by atoms with van der Waals surface area (Å²) in [7, 11) is 1.92. The first kappa shape index (κ1) is 15.0. The Labute approximate surface area is 134 Å². The van der Waals surface area contributed by atoms with Gasteiger partial charge in [0.15, 0.2) is 0 Å². The highest BCUT2D eigenvalue weighted by Gasteiger charge is 2.45. The molecule has 1 aliphatic carbocycles. The number of ether oxygens (including phenoxy) is 1. The van der Waals surface area contributed by atoms with E-state index in [9.17, 15) is 4.79 Å². The molecular formula is C17H22BrNO2. The van der Waals surface area contributed by atoms with Crippen LogP contribution in [0, 0.1) is 5.92 Å². The van der Waals surface area contributed by atoms with E-state index in [4.69, 9.17) is 4.74 Å². The fourth-order valence-corrected chi connectivity index (χ4v) is 3.41. The summed E-state index contributed by atoms with van der Waals surface area (Å²) in [6.07, 6.45) is 4.63. The topological polar surface area (TPSA) is 29.5 Å². The second-order valence-electron chi connectivity index (χ2n) is 6.18. The lowest BCUT2D eigenvalue weighted by atomic mass is 10.1. The van der Waals surface area contributed by atoms with Gasteiger partial charge in [-0.1, -0.05) is 28.1 Å². The van der Waals surface area contributed by atoms with E-state index in [-0.39, 0.29) is 5.92 Å². The van der Waals surface area contributed by atoms with Crippen LogP contribution in [0.1, 0.15) is 37.2 Å². The SMILES string of the molecule is CN(CC[C@@H]1CCCO1)C(=O)[C@@H]1C[C@H]1c1ccc(Br)cc1. The summed E-state index contributed by atoms with van der Waals surface area (Å²) >= 11 is 3.45. The van der Waals surface area contributed by atoms with Crippen molar-refractivity contribution in [2.24, 2.45) is 5.92 Å². The highest BCUT2D eigenvalue weighted by Crippen LogP contribution is 2.48. The van der Waals surface area contributed by atoms with Crippen molar-refractivity contribution in [2.45, 2.75) is 37.7 Å². The highest BCUT2D eigenvalue weighted by atomic mass is 79.9. The molecule has 114 valence electrons. The first-order chi connectivity index (χ1) is 10.1. The third kappa shape index (κ3) is 3.67. The van der Waals surface area contributed by atoms with Crippen LogP contribution in [0.15, 0.2) is 28.7 Å². The Balaban J connectivity index is 1.48. The molecule has 0 N–H and O–H groups in total. The van der Waals surface area contributed by atoms with E-state index in [0.29, 0.717) is 17.9 Å². The van der Waals surface area contributed by atoms with Crippen molar-refractivity contribution in [2.75, 3.05) is 20.2 Å². The standard InChI is InChI=1S/C17H22BrNO2/c1-19(9-8-14-3-2-10-21-14)17(20)16-11-15(16)12-4-6-13(18)7-5-12/h4-7,14-16H,2-3,8-11H2,1H3/t14-,15-,16+/m0/s1. The van der Waals surface area contributed by atoms with Gasteiger partial charge < -0.3 is 9.64 Å².